The maximum Gasteiger partial charge on any atom is 0.302 e. The van der Waals surface area contributed by atoms with Gasteiger partial charge in [-0.15, -0.1) is 23.2 Å². The summed E-state index contributed by atoms with van der Waals surface area (Å²) in [5.74, 6) is 2.74. The normalized spacial score (nSPS) is 45.7. The highest BCUT2D eigenvalue weighted by Crippen LogP contribution is 2.79. The maximum absolute atomic E-state index is 13.4. The molecule has 84 heavy (non-hydrogen) atoms. The lowest BCUT2D eigenvalue weighted by Gasteiger charge is -2.72. The largest absolute Gasteiger partial charge is 0.465 e. The van der Waals surface area contributed by atoms with Crippen molar-refractivity contribution in [3.05, 3.63) is 24.3 Å². The predicted molar refractivity (Wildman–Crippen MR) is 328 cm³/mol. The first-order chi connectivity index (χ1) is 38.8. The number of allylic oxidation sites excluding steroid dienone is 1. The van der Waals surface area contributed by atoms with Gasteiger partial charge in [0.05, 0.1) is 36.0 Å². The molecule has 0 bridgehead atoms. The van der Waals surface area contributed by atoms with Gasteiger partial charge in [0, 0.05) is 51.4 Å². The fourth-order valence-corrected chi connectivity index (χ4v) is 23.6. The molecule has 1 N–H and O–H groups in total. The van der Waals surface area contributed by atoms with Crippen molar-refractivity contribution in [2.75, 3.05) is 38.4 Å². The van der Waals surface area contributed by atoms with Crippen LogP contribution in [0, 0.1) is 113 Å². The van der Waals surface area contributed by atoms with E-state index in [0.717, 1.165) is 127 Å². The lowest BCUT2D eigenvalue weighted by Crippen LogP contribution is -2.67. The van der Waals surface area contributed by atoms with Crippen molar-refractivity contribution in [3.8, 4) is 0 Å². The van der Waals surface area contributed by atoms with Crippen molar-refractivity contribution in [1.82, 2.24) is 0 Å². The van der Waals surface area contributed by atoms with Gasteiger partial charge in [0.1, 0.15) is 31.1 Å². The molecule has 12 nitrogen and oxygen atoms in total. The van der Waals surface area contributed by atoms with Crippen LogP contribution in [0.4, 0.5) is 0 Å². The molecule has 0 spiro atoms. The molecule has 10 saturated carbocycles. The molecule has 10 rings (SSSR count). The first kappa shape index (κ1) is 68.4. The van der Waals surface area contributed by atoms with E-state index in [0.29, 0.717) is 61.2 Å². The third-order valence-corrected chi connectivity index (χ3v) is 28.0. The summed E-state index contributed by atoms with van der Waals surface area (Å²) >= 11 is 9.53. The number of alkyl halides is 2. The molecule has 0 amide bonds. The Balaban J connectivity index is 0.000000228. The minimum Gasteiger partial charge on any atom is -0.465 e. The highest BCUT2D eigenvalue weighted by molar-refractivity contribution is 6.40. The third kappa shape index (κ3) is 10.8. The monoisotopic (exact) mass is 1210 g/mol. The van der Waals surface area contributed by atoms with Crippen molar-refractivity contribution in [2.24, 2.45) is 113 Å². The summed E-state index contributed by atoms with van der Waals surface area (Å²) in [6.45, 7) is 34.8. The minimum atomic E-state index is -0.637. The number of halogens is 2. The standard InChI is InChI=1S/C34H52O6.C34H50O6.CH2Cl2.CH4/c2*1-21(18-35)24-10-15-34(20-40-23(3)37)17-16-32(6)25(29(24)34)8-9-27-30(4)13-12-28(38)31(5,19-39-22(2)36)26(30)11-14-33(27,32)7;2-1-3;/h24-27,29,35H,1,8-20H2,2-7H3;18,24-27,29H,1,8-17,19-20H2,2-7H3;1H2;1H4/t2*24-,25+,26+,27+,29+,30-,31-,32+,33+,34+;;/m00../s1. The molecule has 0 aromatic rings. The molecule has 14 heteroatoms. The zero-order chi connectivity index (χ0) is 61.3. The van der Waals surface area contributed by atoms with Crippen LogP contribution in [0.1, 0.15) is 219 Å². The van der Waals surface area contributed by atoms with Crippen LogP contribution in [0.25, 0.3) is 0 Å². The minimum absolute atomic E-state index is 0. The van der Waals surface area contributed by atoms with Crippen molar-refractivity contribution in [2.45, 2.75) is 219 Å². The van der Waals surface area contributed by atoms with E-state index in [-0.39, 0.29) is 141 Å². The van der Waals surface area contributed by atoms with Gasteiger partial charge < -0.3 is 24.1 Å². The van der Waals surface area contributed by atoms with E-state index < -0.39 is 10.8 Å². The molecule has 0 aliphatic heterocycles. The Morgan fingerprint density at radius 3 is 1.21 bits per heavy atom. The Kier molecular flexibility index (Phi) is 20.1. The number of carbonyl (C=O) groups is 7. The SMILES string of the molecule is C.C=C(C=O)[C@@H]1CC[C@]2(COC(C)=O)CC[C@]3(C)[C@H](CC[C@@H]4[C@@]5(C)CCC(=O)[C@@](C)(COC(C)=O)[C@@H]5CC[C@]43C)[C@@H]12.C=C(CO)[C@@H]1CC[C@]2(COC(C)=O)CC[C@]3(C)[C@H](CC[C@@H]4[C@@]5(C)CCC(=O)[C@@](C)(COC(C)=O)[C@@H]5CC[C@]43C)[C@@H]12.ClCCl. The van der Waals surface area contributed by atoms with Crippen LogP contribution in [0.2, 0.25) is 0 Å². The lowest BCUT2D eigenvalue weighted by molar-refractivity contribution is -0.240. The summed E-state index contributed by atoms with van der Waals surface area (Å²) in [6, 6.07) is 0. The second-order valence-electron chi connectivity index (χ2n) is 30.8. The van der Waals surface area contributed by atoms with E-state index in [1.807, 2.05) is 0 Å². The number of hydrogen-bond acceptors (Lipinski definition) is 12. The Labute approximate surface area is 514 Å². The molecular formula is C70H108Cl2O12. The number of hydrogen-bond donors (Lipinski definition) is 1. The van der Waals surface area contributed by atoms with Crippen LogP contribution in [-0.4, -0.2) is 85.2 Å². The topological polar surface area (TPSA) is 177 Å². The molecule has 10 aliphatic carbocycles. The Morgan fingerprint density at radius 1 is 0.500 bits per heavy atom. The van der Waals surface area contributed by atoms with E-state index in [4.69, 9.17) is 42.1 Å². The number of Topliss-reactive ketones (excluding diaryl/α,β-unsaturated/α-hetero) is 2. The van der Waals surface area contributed by atoms with Crippen LogP contribution in [-0.2, 0) is 52.5 Å². The van der Waals surface area contributed by atoms with Crippen molar-refractivity contribution in [1.29, 1.82) is 0 Å². The molecule has 0 unspecified atom stereocenters. The van der Waals surface area contributed by atoms with Gasteiger partial charge in [-0.05, 0) is 232 Å². The van der Waals surface area contributed by atoms with Gasteiger partial charge in [0.2, 0.25) is 0 Å². The lowest BCUT2D eigenvalue weighted by atomic mass is 9.32. The molecule has 474 valence electrons. The van der Waals surface area contributed by atoms with Gasteiger partial charge >= 0.3 is 23.9 Å². The van der Waals surface area contributed by atoms with Gasteiger partial charge in [-0.3, -0.25) is 33.6 Å². The van der Waals surface area contributed by atoms with E-state index in [1.165, 1.54) is 27.7 Å². The van der Waals surface area contributed by atoms with Crippen LogP contribution in [0.3, 0.4) is 0 Å². The summed E-state index contributed by atoms with van der Waals surface area (Å²) in [5, 5.41) is 10.3. The maximum atomic E-state index is 13.4. The van der Waals surface area contributed by atoms with E-state index in [9.17, 15) is 38.7 Å². The van der Waals surface area contributed by atoms with E-state index in [1.54, 1.807) is 0 Å². The summed E-state index contributed by atoms with van der Waals surface area (Å²) < 4.78 is 22.5. The number of ketones is 2. The molecule has 0 aromatic heterocycles. The molecule has 0 heterocycles. The number of ether oxygens (including phenoxy) is 4. The number of rotatable bonds is 12. The number of carbonyl (C=O) groups excluding carboxylic acids is 7. The molecule has 10 aliphatic rings. The average molecular weight is 1210 g/mol. The van der Waals surface area contributed by atoms with E-state index >= 15 is 0 Å². The fourth-order valence-electron chi connectivity index (χ4n) is 23.6. The first-order valence-corrected chi connectivity index (χ1v) is 33.0. The number of fused-ring (bicyclic) bond motifs is 14. The number of aliphatic hydroxyl groups excluding tert-OH is 1. The van der Waals surface area contributed by atoms with Crippen molar-refractivity contribution >= 4 is 64.9 Å². The van der Waals surface area contributed by atoms with Crippen LogP contribution < -0.4 is 0 Å². The zero-order valence-electron chi connectivity index (χ0n) is 52.8. The highest BCUT2D eigenvalue weighted by Gasteiger charge is 2.74. The second kappa shape index (κ2) is 24.7. The summed E-state index contributed by atoms with van der Waals surface area (Å²) in [5.41, 5.74) is 0.659. The summed E-state index contributed by atoms with van der Waals surface area (Å²) in [6.07, 6.45) is 20.6. The first-order valence-electron chi connectivity index (χ1n) is 31.9. The molecule has 0 saturated heterocycles. The van der Waals surface area contributed by atoms with Gasteiger partial charge in [0.25, 0.3) is 0 Å². The van der Waals surface area contributed by atoms with Crippen LogP contribution in [0.15, 0.2) is 24.3 Å². The van der Waals surface area contributed by atoms with Crippen molar-refractivity contribution < 1.29 is 57.6 Å². The number of aldehydes is 1. The van der Waals surface area contributed by atoms with Gasteiger partial charge in [-0.25, -0.2) is 0 Å². The summed E-state index contributed by atoms with van der Waals surface area (Å²) in [4.78, 5) is 86.2. The molecule has 20 atom stereocenters. The van der Waals surface area contributed by atoms with Gasteiger partial charge in [-0.2, -0.15) is 0 Å². The predicted octanol–water partition coefficient (Wildman–Crippen LogP) is 14.8. The Bertz CT molecular complexity index is 2570. The van der Waals surface area contributed by atoms with Gasteiger partial charge in [-0.1, -0.05) is 62.1 Å². The molecule has 0 aromatic carbocycles. The second-order valence-corrected chi connectivity index (χ2v) is 31.6. The molecular weight excluding hydrogens is 1100 g/mol. The Morgan fingerprint density at radius 2 is 0.857 bits per heavy atom. The number of aliphatic hydroxyl groups is 1. The van der Waals surface area contributed by atoms with Crippen LogP contribution in [0.5, 0.6) is 0 Å². The quantitative estimate of drug-likeness (QED) is 0.0489. The Hall–Kier alpha value is -3.09. The average Bonchev–Trinajstić information content (AvgIpc) is 0.958. The van der Waals surface area contributed by atoms with Gasteiger partial charge in [0.15, 0.2) is 0 Å². The fraction of sp³-hybridized carbons (Fsp3) is 0.843. The summed E-state index contributed by atoms with van der Waals surface area (Å²) in [7, 11) is 0. The smallest absolute Gasteiger partial charge is 0.302 e. The molecule has 10 fully saturated rings. The van der Waals surface area contributed by atoms with Crippen LogP contribution >= 0.6 is 23.2 Å². The molecule has 0 radical (unpaired) electrons. The third-order valence-electron chi connectivity index (χ3n) is 28.0. The number of esters is 4. The highest BCUT2D eigenvalue weighted by atomic mass is 35.5. The zero-order valence-corrected chi connectivity index (χ0v) is 54.4. The van der Waals surface area contributed by atoms with Crippen molar-refractivity contribution in [3.63, 3.8) is 0 Å². The van der Waals surface area contributed by atoms with E-state index in [2.05, 4.69) is 68.5 Å².